The molecule has 5 heteroatoms. The molecule has 0 aromatic carbocycles. The molecule has 3 N–H and O–H groups in total. The first-order valence-corrected chi connectivity index (χ1v) is 3.96. The molecule has 1 aromatic heterocycles. The predicted molar refractivity (Wildman–Crippen MR) is 45.2 cm³/mol. The first-order chi connectivity index (χ1) is 6.04. The van der Waals surface area contributed by atoms with Gasteiger partial charge in [-0.25, -0.2) is 9.78 Å². The summed E-state index contributed by atoms with van der Waals surface area (Å²) < 4.78 is 4.93. The number of carbonyl (C=O) groups is 1. The van der Waals surface area contributed by atoms with Crippen LogP contribution in [0.15, 0.2) is 10.8 Å². The molecule has 0 saturated carbocycles. The molecule has 13 heavy (non-hydrogen) atoms. The molecule has 0 aliphatic carbocycles. The molecular weight excluding hydrogens is 172 g/mol. The van der Waals surface area contributed by atoms with Crippen LogP contribution in [0.5, 0.6) is 0 Å². The van der Waals surface area contributed by atoms with Gasteiger partial charge in [-0.1, -0.05) is 13.8 Å². The average molecular weight is 184 g/mol. The van der Waals surface area contributed by atoms with E-state index in [0.29, 0.717) is 0 Å². The minimum atomic E-state index is -1.11. The molecule has 1 rings (SSSR count). The van der Waals surface area contributed by atoms with Crippen LogP contribution in [-0.2, 0) is 0 Å². The first kappa shape index (κ1) is 9.73. The Morgan fingerprint density at radius 1 is 1.69 bits per heavy atom. The second-order valence-electron chi connectivity index (χ2n) is 3.14. The lowest BCUT2D eigenvalue weighted by atomic mass is 10.0. The SMILES string of the molecule is CC(C)[C@H](N)c1ocnc1C(=O)O. The Balaban J connectivity index is 3.00. The average Bonchev–Trinajstić information content (AvgIpc) is 2.50. The second kappa shape index (κ2) is 3.57. The first-order valence-electron chi connectivity index (χ1n) is 3.96. The maximum Gasteiger partial charge on any atom is 0.358 e. The Hall–Kier alpha value is -1.36. The van der Waals surface area contributed by atoms with E-state index in [1.165, 1.54) is 0 Å². The molecule has 0 bridgehead atoms. The van der Waals surface area contributed by atoms with Crippen LogP contribution in [0.25, 0.3) is 0 Å². The Morgan fingerprint density at radius 3 is 2.77 bits per heavy atom. The van der Waals surface area contributed by atoms with Crippen LogP contribution in [-0.4, -0.2) is 16.1 Å². The summed E-state index contributed by atoms with van der Waals surface area (Å²) in [4.78, 5) is 14.2. The summed E-state index contributed by atoms with van der Waals surface area (Å²) in [5.74, 6) is -0.756. The lowest BCUT2D eigenvalue weighted by Crippen LogP contribution is -2.19. The van der Waals surface area contributed by atoms with Gasteiger partial charge >= 0.3 is 5.97 Å². The van der Waals surface area contributed by atoms with E-state index >= 15 is 0 Å². The summed E-state index contributed by atoms with van der Waals surface area (Å²) in [6.45, 7) is 3.78. The zero-order valence-corrected chi connectivity index (χ0v) is 7.52. The number of hydrogen-bond acceptors (Lipinski definition) is 4. The Bertz CT molecular complexity index is 306. The lowest BCUT2D eigenvalue weighted by Gasteiger charge is -2.12. The lowest BCUT2D eigenvalue weighted by molar-refractivity contribution is 0.0687. The summed E-state index contributed by atoms with van der Waals surface area (Å²) in [6, 6.07) is -0.423. The van der Waals surface area contributed by atoms with Gasteiger partial charge in [0.25, 0.3) is 0 Å². The van der Waals surface area contributed by atoms with Crippen LogP contribution in [0.2, 0.25) is 0 Å². The van der Waals surface area contributed by atoms with Gasteiger partial charge < -0.3 is 15.3 Å². The van der Waals surface area contributed by atoms with E-state index in [9.17, 15) is 4.79 Å². The molecule has 0 aliphatic rings. The van der Waals surface area contributed by atoms with E-state index in [1.54, 1.807) is 0 Å². The van der Waals surface area contributed by atoms with Crippen LogP contribution < -0.4 is 5.73 Å². The minimum Gasteiger partial charge on any atom is -0.476 e. The highest BCUT2D eigenvalue weighted by atomic mass is 16.4. The van der Waals surface area contributed by atoms with Gasteiger partial charge in [0.2, 0.25) is 0 Å². The van der Waals surface area contributed by atoms with Gasteiger partial charge in [0.1, 0.15) is 0 Å². The van der Waals surface area contributed by atoms with Crippen LogP contribution in [0.1, 0.15) is 36.1 Å². The normalized spacial score (nSPS) is 13.2. The molecule has 1 heterocycles. The van der Waals surface area contributed by atoms with Crippen molar-refractivity contribution in [2.45, 2.75) is 19.9 Å². The molecule has 1 atom stereocenters. The maximum absolute atomic E-state index is 10.6. The highest BCUT2D eigenvalue weighted by Crippen LogP contribution is 2.21. The summed E-state index contributed by atoms with van der Waals surface area (Å²) in [5, 5.41) is 8.71. The van der Waals surface area contributed by atoms with Crippen molar-refractivity contribution in [2.75, 3.05) is 0 Å². The number of aromatic nitrogens is 1. The van der Waals surface area contributed by atoms with Crippen molar-refractivity contribution in [3.8, 4) is 0 Å². The monoisotopic (exact) mass is 184 g/mol. The van der Waals surface area contributed by atoms with Crippen LogP contribution in [0.3, 0.4) is 0 Å². The fourth-order valence-corrected chi connectivity index (χ4v) is 0.955. The summed E-state index contributed by atoms with van der Waals surface area (Å²) >= 11 is 0. The zero-order valence-electron chi connectivity index (χ0n) is 7.52. The molecular formula is C8H12N2O3. The van der Waals surface area contributed by atoms with Gasteiger partial charge in [0.15, 0.2) is 17.8 Å². The second-order valence-corrected chi connectivity index (χ2v) is 3.14. The van der Waals surface area contributed by atoms with Crippen molar-refractivity contribution in [1.82, 2.24) is 4.98 Å². The van der Waals surface area contributed by atoms with Crippen LogP contribution >= 0.6 is 0 Å². The van der Waals surface area contributed by atoms with E-state index < -0.39 is 12.0 Å². The van der Waals surface area contributed by atoms with Gasteiger partial charge in [-0.2, -0.15) is 0 Å². The number of rotatable bonds is 3. The number of oxazole rings is 1. The summed E-state index contributed by atoms with van der Waals surface area (Å²) in [5.41, 5.74) is 5.63. The standard InChI is InChI=1S/C8H12N2O3/c1-4(2)5(9)7-6(8(11)12)10-3-13-7/h3-5H,9H2,1-2H3,(H,11,12)/t5-/m0/s1. The van der Waals surface area contributed by atoms with Crippen LogP contribution in [0.4, 0.5) is 0 Å². The van der Waals surface area contributed by atoms with Gasteiger partial charge in [0.05, 0.1) is 6.04 Å². The smallest absolute Gasteiger partial charge is 0.358 e. The van der Waals surface area contributed by atoms with Crippen molar-refractivity contribution in [2.24, 2.45) is 11.7 Å². The molecule has 0 unspecified atom stereocenters. The number of aromatic carboxylic acids is 1. The van der Waals surface area contributed by atoms with Gasteiger partial charge in [-0.05, 0) is 5.92 Å². The van der Waals surface area contributed by atoms with Crippen molar-refractivity contribution < 1.29 is 14.3 Å². The number of nitrogens with two attached hydrogens (primary N) is 1. The Labute approximate surface area is 75.6 Å². The van der Waals surface area contributed by atoms with Crippen molar-refractivity contribution in [3.63, 3.8) is 0 Å². The van der Waals surface area contributed by atoms with Crippen molar-refractivity contribution in [1.29, 1.82) is 0 Å². The molecule has 1 aromatic rings. The molecule has 72 valence electrons. The van der Waals surface area contributed by atoms with Gasteiger partial charge in [-0.15, -0.1) is 0 Å². The van der Waals surface area contributed by atoms with E-state index in [2.05, 4.69) is 4.98 Å². The zero-order chi connectivity index (χ0) is 10.0. The quantitative estimate of drug-likeness (QED) is 0.732. The molecule has 5 nitrogen and oxygen atoms in total. The highest BCUT2D eigenvalue weighted by molar-refractivity contribution is 5.86. The topological polar surface area (TPSA) is 89.4 Å². The highest BCUT2D eigenvalue weighted by Gasteiger charge is 2.23. The van der Waals surface area contributed by atoms with E-state index in [1.807, 2.05) is 13.8 Å². The van der Waals surface area contributed by atoms with Crippen molar-refractivity contribution in [3.05, 3.63) is 17.8 Å². The summed E-state index contributed by atoms with van der Waals surface area (Å²) in [6.07, 6.45) is 1.10. The number of carboxylic acid groups (broad SMARTS) is 1. The van der Waals surface area contributed by atoms with Crippen LogP contribution in [0, 0.1) is 5.92 Å². The van der Waals surface area contributed by atoms with Crippen molar-refractivity contribution >= 4 is 5.97 Å². The molecule has 0 aliphatic heterocycles. The maximum atomic E-state index is 10.6. The molecule has 0 saturated heterocycles. The van der Waals surface area contributed by atoms with E-state index in [-0.39, 0.29) is 17.4 Å². The van der Waals surface area contributed by atoms with E-state index in [0.717, 1.165) is 6.39 Å². The molecule has 0 spiro atoms. The minimum absolute atomic E-state index is 0.0961. The fraction of sp³-hybridized carbons (Fsp3) is 0.500. The number of carboxylic acids is 1. The molecule has 0 radical (unpaired) electrons. The predicted octanol–water partition coefficient (Wildman–Crippen LogP) is 1.03. The number of hydrogen-bond donors (Lipinski definition) is 2. The third-order valence-electron chi connectivity index (χ3n) is 1.82. The Kier molecular flexibility index (Phi) is 2.67. The van der Waals surface area contributed by atoms with Gasteiger partial charge in [0, 0.05) is 0 Å². The van der Waals surface area contributed by atoms with Gasteiger partial charge in [-0.3, -0.25) is 0 Å². The molecule has 0 amide bonds. The third kappa shape index (κ3) is 1.86. The largest absolute Gasteiger partial charge is 0.476 e. The van der Waals surface area contributed by atoms with E-state index in [4.69, 9.17) is 15.3 Å². The fourth-order valence-electron chi connectivity index (χ4n) is 0.955. The number of nitrogens with zero attached hydrogens (tertiary/aromatic N) is 1. The third-order valence-corrected chi connectivity index (χ3v) is 1.82. The summed E-state index contributed by atoms with van der Waals surface area (Å²) in [7, 11) is 0. The molecule has 0 fully saturated rings. The Morgan fingerprint density at radius 2 is 2.31 bits per heavy atom.